The van der Waals surface area contributed by atoms with Gasteiger partial charge in [-0.05, 0) is 49.9 Å². The number of para-hydroxylation sites is 3. The van der Waals surface area contributed by atoms with E-state index < -0.39 is 0 Å². The first-order chi connectivity index (χ1) is 14.1. The van der Waals surface area contributed by atoms with Gasteiger partial charge in [0.15, 0.2) is 0 Å². The van der Waals surface area contributed by atoms with Crippen LogP contribution in [-0.2, 0) is 22.6 Å². The number of carbonyl (C=O) groups is 2. The summed E-state index contributed by atoms with van der Waals surface area (Å²) in [7, 11) is 0. The smallest absolute Gasteiger partial charge is 0.244 e. The summed E-state index contributed by atoms with van der Waals surface area (Å²) in [4.78, 5) is 29.2. The molecule has 1 aliphatic rings. The topological polar surface area (TPSA) is 76.0 Å². The average molecular weight is 390 g/mol. The standard InChI is InChI=1S/C23H26N4O2/c1-16-7-2-3-8-18(16)26-22(28)15-27-20-10-5-4-9-19(20)25-21(27)11-6-14-24-23(29)17-12-13-17/h2-5,7-10,17H,6,11-15H2,1H3,(H,24,29)(H,26,28). The minimum atomic E-state index is -0.0780. The monoisotopic (exact) mass is 390 g/mol. The van der Waals surface area contributed by atoms with Crippen LogP contribution in [0.15, 0.2) is 48.5 Å². The molecule has 1 fully saturated rings. The van der Waals surface area contributed by atoms with E-state index in [0.29, 0.717) is 13.0 Å². The van der Waals surface area contributed by atoms with Gasteiger partial charge in [0.1, 0.15) is 12.4 Å². The number of hydrogen-bond donors (Lipinski definition) is 2. The van der Waals surface area contributed by atoms with E-state index in [0.717, 1.165) is 47.4 Å². The largest absolute Gasteiger partial charge is 0.356 e. The number of aromatic nitrogens is 2. The molecule has 0 unspecified atom stereocenters. The van der Waals surface area contributed by atoms with Crippen LogP contribution in [0.3, 0.4) is 0 Å². The van der Waals surface area contributed by atoms with Crippen LogP contribution in [0.1, 0.15) is 30.7 Å². The van der Waals surface area contributed by atoms with Gasteiger partial charge in [0, 0.05) is 24.6 Å². The number of rotatable bonds is 8. The minimum absolute atomic E-state index is 0.0780. The van der Waals surface area contributed by atoms with Crippen LogP contribution >= 0.6 is 0 Å². The van der Waals surface area contributed by atoms with Crippen molar-refractivity contribution in [1.82, 2.24) is 14.9 Å². The molecule has 29 heavy (non-hydrogen) atoms. The minimum Gasteiger partial charge on any atom is -0.356 e. The molecule has 0 radical (unpaired) electrons. The first-order valence-corrected chi connectivity index (χ1v) is 10.2. The van der Waals surface area contributed by atoms with E-state index in [1.165, 1.54) is 0 Å². The molecule has 2 N–H and O–H groups in total. The van der Waals surface area contributed by atoms with Gasteiger partial charge in [-0.2, -0.15) is 0 Å². The zero-order valence-corrected chi connectivity index (χ0v) is 16.6. The number of imidazole rings is 1. The van der Waals surface area contributed by atoms with Crippen LogP contribution in [0.5, 0.6) is 0 Å². The Hall–Kier alpha value is -3.15. The lowest BCUT2D eigenvalue weighted by Gasteiger charge is -2.12. The molecular formula is C23H26N4O2. The molecule has 0 saturated heterocycles. The Morgan fingerprint density at radius 1 is 1.10 bits per heavy atom. The summed E-state index contributed by atoms with van der Waals surface area (Å²) in [5, 5.41) is 5.99. The number of anilines is 1. The van der Waals surface area contributed by atoms with Crippen molar-refractivity contribution in [3.63, 3.8) is 0 Å². The molecule has 150 valence electrons. The van der Waals surface area contributed by atoms with Crippen LogP contribution in [-0.4, -0.2) is 27.9 Å². The summed E-state index contributed by atoms with van der Waals surface area (Å²) in [6, 6.07) is 15.6. The molecule has 6 heteroatoms. The summed E-state index contributed by atoms with van der Waals surface area (Å²) in [6.45, 7) is 2.82. The zero-order chi connectivity index (χ0) is 20.2. The molecule has 3 aromatic rings. The number of nitrogens with zero attached hydrogens (tertiary/aromatic N) is 2. The van der Waals surface area contributed by atoms with Crippen molar-refractivity contribution < 1.29 is 9.59 Å². The Morgan fingerprint density at radius 3 is 2.66 bits per heavy atom. The van der Waals surface area contributed by atoms with E-state index in [1.54, 1.807) is 0 Å². The SMILES string of the molecule is Cc1ccccc1NC(=O)Cn1c(CCCNC(=O)C2CC2)nc2ccccc21. The number of fused-ring (bicyclic) bond motifs is 1. The maximum atomic E-state index is 12.7. The molecule has 1 aromatic heterocycles. The number of carbonyl (C=O) groups excluding carboxylic acids is 2. The van der Waals surface area contributed by atoms with Gasteiger partial charge in [-0.25, -0.2) is 4.98 Å². The highest BCUT2D eigenvalue weighted by Gasteiger charge is 2.29. The number of benzene rings is 2. The van der Waals surface area contributed by atoms with E-state index in [9.17, 15) is 9.59 Å². The predicted octanol–water partition coefficient (Wildman–Crippen LogP) is 3.44. The molecular weight excluding hydrogens is 364 g/mol. The van der Waals surface area contributed by atoms with Crippen LogP contribution < -0.4 is 10.6 Å². The molecule has 1 heterocycles. The van der Waals surface area contributed by atoms with E-state index in [-0.39, 0.29) is 24.3 Å². The fourth-order valence-corrected chi connectivity index (χ4v) is 3.49. The molecule has 1 saturated carbocycles. The highest BCUT2D eigenvalue weighted by molar-refractivity contribution is 5.92. The Kier molecular flexibility index (Phi) is 5.60. The van der Waals surface area contributed by atoms with Crippen LogP contribution in [0.4, 0.5) is 5.69 Å². The summed E-state index contributed by atoms with van der Waals surface area (Å²) >= 11 is 0. The second kappa shape index (κ2) is 8.47. The van der Waals surface area contributed by atoms with E-state index in [2.05, 4.69) is 10.6 Å². The molecule has 2 aromatic carbocycles. The Bertz CT molecular complexity index is 1040. The first kappa shape index (κ1) is 19.2. The third-order valence-corrected chi connectivity index (χ3v) is 5.28. The van der Waals surface area contributed by atoms with Gasteiger partial charge in [-0.15, -0.1) is 0 Å². The lowest BCUT2D eigenvalue weighted by atomic mass is 10.2. The fraction of sp³-hybridized carbons (Fsp3) is 0.348. The van der Waals surface area contributed by atoms with Crippen molar-refractivity contribution in [3.05, 3.63) is 59.9 Å². The third-order valence-electron chi connectivity index (χ3n) is 5.28. The molecule has 1 aliphatic carbocycles. The molecule has 0 spiro atoms. The van der Waals surface area contributed by atoms with Crippen molar-refractivity contribution in [2.75, 3.05) is 11.9 Å². The fourth-order valence-electron chi connectivity index (χ4n) is 3.49. The number of aryl methyl sites for hydroxylation is 2. The second-order valence-electron chi connectivity index (χ2n) is 7.63. The highest BCUT2D eigenvalue weighted by atomic mass is 16.2. The van der Waals surface area contributed by atoms with Gasteiger partial charge in [-0.3, -0.25) is 9.59 Å². The molecule has 2 amide bonds. The van der Waals surface area contributed by atoms with Crippen molar-refractivity contribution in [2.24, 2.45) is 5.92 Å². The lowest BCUT2D eigenvalue weighted by molar-refractivity contribution is -0.122. The van der Waals surface area contributed by atoms with E-state index >= 15 is 0 Å². The van der Waals surface area contributed by atoms with Crippen molar-refractivity contribution >= 4 is 28.5 Å². The van der Waals surface area contributed by atoms with Crippen LogP contribution in [0, 0.1) is 12.8 Å². The summed E-state index contributed by atoms with van der Waals surface area (Å²) in [6.07, 6.45) is 3.52. The van der Waals surface area contributed by atoms with E-state index in [4.69, 9.17) is 4.98 Å². The Balaban J connectivity index is 1.45. The summed E-state index contributed by atoms with van der Waals surface area (Å²) in [5.74, 6) is 1.18. The van der Waals surface area contributed by atoms with Gasteiger partial charge in [-0.1, -0.05) is 30.3 Å². The summed E-state index contributed by atoms with van der Waals surface area (Å²) in [5.41, 5.74) is 3.69. The van der Waals surface area contributed by atoms with Gasteiger partial charge in [0.25, 0.3) is 0 Å². The lowest BCUT2D eigenvalue weighted by Crippen LogP contribution is -2.26. The molecule has 6 nitrogen and oxygen atoms in total. The average Bonchev–Trinajstić information content (AvgIpc) is 3.51. The second-order valence-corrected chi connectivity index (χ2v) is 7.63. The molecule has 4 rings (SSSR count). The summed E-state index contributed by atoms with van der Waals surface area (Å²) < 4.78 is 1.98. The maximum Gasteiger partial charge on any atom is 0.244 e. The quantitative estimate of drug-likeness (QED) is 0.579. The Morgan fingerprint density at radius 2 is 1.86 bits per heavy atom. The molecule has 0 atom stereocenters. The van der Waals surface area contributed by atoms with Crippen molar-refractivity contribution in [2.45, 2.75) is 39.2 Å². The van der Waals surface area contributed by atoms with Gasteiger partial charge < -0.3 is 15.2 Å². The number of nitrogens with one attached hydrogen (secondary N) is 2. The van der Waals surface area contributed by atoms with Gasteiger partial charge >= 0.3 is 0 Å². The molecule has 0 aliphatic heterocycles. The van der Waals surface area contributed by atoms with E-state index in [1.807, 2.05) is 60.0 Å². The normalized spacial score (nSPS) is 13.4. The first-order valence-electron chi connectivity index (χ1n) is 10.2. The van der Waals surface area contributed by atoms with Gasteiger partial charge in [0.2, 0.25) is 11.8 Å². The van der Waals surface area contributed by atoms with Crippen molar-refractivity contribution in [1.29, 1.82) is 0 Å². The van der Waals surface area contributed by atoms with Crippen LogP contribution in [0.2, 0.25) is 0 Å². The van der Waals surface area contributed by atoms with Crippen molar-refractivity contribution in [3.8, 4) is 0 Å². The Labute approximate surface area is 170 Å². The predicted molar refractivity (Wildman–Crippen MR) is 114 cm³/mol. The zero-order valence-electron chi connectivity index (χ0n) is 16.6. The van der Waals surface area contributed by atoms with Crippen LogP contribution in [0.25, 0.3) is 11.0 Å². The molecule has 0 bridgehead atoms. The van der Waals surface area contributed by atoms with Gasteiger partial charge in [0.05, 0.1) is 11.0 Å². The number of hydrogen-bond acceptors (Lipinski definition) is 3. The number of amides is 2. The third kappa shape index (κ3) is 4.65. The highest BCUT2D eigenvalue weighted by Crippen LogP contribution is 2.28. The maximum absolute atomic E-state index is 12.7.